The standard InChI is InChI=1S/C19H19F2N5OS2/c1-3-26-16(11-4-5-11)24-25-19(26)29-10(2)17(27)23-18-22-15(9-28-18)12-6-7-13(20)14(21)8-12/h6-11H,3-5H2,1-2H3,(H,22,23,27). The first-order chi connectivity index (χ1) is 14.0. The molecule has 1 aliphatic carbocycles. The van der Waals surface area contributed by atoms with Crippen LogP contribution in [0, 0.1) is 11.6 Å². The van der Waals surface area contributed by atoms with E-state index in [4.69, 9.17) is 0 Å². The molecule has 0 saturated heterocycles. The van der Waals surface area contributed by atoms with Gasteiger partial charge in [-0.1, -0.05) is 11.8 Å². The van der Waals surface area contributed by atoms with Crippen molar-refractivity contribution in [3.05, 3.63) is 41.0 Å². The largest absolute Gasteiger partial charge is 0.306 e. The topological polar surface area (TPSA) is 72.7 Å². The van der Waals surface area contributed by atoms with Gasteiger partial charge in [0, 0.05) is 23.4 Å². The van der Waals surface area contributed by atoms with Crippen molar-refractivity contribution in [2.24, 2.45) is 0 Å². The fraction of sp³-hybridized carbons (Fsp3) is 0.368. The van der Waals surface area contributed by atoms with Crippen molar-refractivity contribution in [1.29, 1.82) is 0 Å². The van der Waals surface area contributed by atoms with Crippen LogP contribution in [0.4, 0.5) is 13.9 Å². The highest BCUT2D eigenvalue weighted by atomic mass is 32.2. The molecule has 1 N–H and O–H groups in total. The molecule has 1 aliphatic rings. The molecule has 0 spiro atoms. The van der Waals surface area contributed by atoms with Crippen molar-refractivity contribution in [2.45, 2.75) is 49.6 Å². The number of carbonyl (C=O) groups excluding carboxylic acids is 1. The number of halogens is 2. The Labute approximate surface area is 174 Å². The van der Waals surface area contributed by atoms with Crippen LogP contribution in [-0.4, -0.2) is 30.9 Å². The number of rotatable bonds is 7. The van der Waals surface area contributed by atoms with Crippen molar-refractivity contribution in [2.75, 3.05) is 5.32 Å². The van der Waals surface area contributed by atoms with E-state index < -0.39 is 16.9 Å². The maximum absolute atomic E-state index is 13.4. The number of benzene rings is 1. The lowest BCUT2D eigenvalue weighted by Crippen LogP contribution is -2.23. The summed E-state index contributed by atoms with van der Waals surface area (Å²) in [6.07, 6.45) is 2.28. The van der Waals surface area contributed by atoms with Crippen LogP contribution < -0.4 is 5.32 Å². The number of thioether (sulfide) groups is 1. The Morgan fingerprint density at radius 1 is 1.34 bits per heavy atom. The average molecular weight is 436 g/mol. The van der Waals surface area contributed by atoms with Crippen LogP contribution >= 0.6 is 23.1 Å². The smallest absolute Gasteiger partial charge is 0.239 e. The van der Waals surface area contributed by atoms with Crippen LogP contribution in [-0.2, 0) is 11.3 Å². The summed E-state index contributed by atoms with van der Waals surface area (Å²) in [6.45, 7) is 4.61. The van der Waals surface area contributed by atoms with E-state index >= 15 is 0 Å². The summed E-state index contributed by atoms with van der Waals surface area (Å²) >= 11 is 2.59. The first-order valence-corrected chi connectivity index (χ1v) is 11.0. The van der Waals surface area contributed by atoms with E-state index in [1.165, 1.54) is 29.2 Å². The number of hydrogen-bond donors (Lipinski definition) is 1. The number of amides is 1. The summed E-state index contributed by atoms with van der Waals surface area (Å²) in [5.41, 5.74) is 0.927. The van der Waals surface area contributed by atoms with E-state index in [0.29, 0.717) is 22.3 Å². The SMILES string of the molecule is CCn1c(SC(C)C(=O)Nc2nc(-c3ccc(F)c(F)c3)cs2)nnc1C1CC1. The van der Waals surface area contributed by atoms with Gasteiger partial charge >= 0.3 is 0 Å². The van der Waals surface area contributed by atoms with Crippen molar-refractivity contribution < 1.29 is 13.6 Å². The molecule has 6 nitrogen and oxygen atoms in total. The van der Waals surface area contributed by atoms with Gasteiger partial charge in [-0.05, 0) is 44.9 Å². The minimum atomic E-state index is -0.934. The summed E-state index contributed by atoms with van der Waals surface area (Å²) in [5, 5.41) is 13.8. The third-order valence-corrected chi connectivity index (χ3v) is 6.44. The second-order valence-corrected chi connectivity index (χ2v) is 8.94. The van der Waals surface area contributed by atoms with Gasteiger partial charge in [-0.3, -0.25) is 4.79 Å². The molecule has 2 aromatic heterocycles. The lowest BCUT2D eigenvalue weighted by atomic mass is 10.2. The van der Waals surface area contributed by atoms with E-state index in [1.54, 1.807) is 12.3 Å². The van der Waals surface area contributed by atoms with Gasteiger partial charge in [0.15, 0.2) is 21.9 Å². The highest BCUT2D eigenvalue weighted by molar-refractivity contribution is 8.00. The van der Waals surface area contributed by atoms with Crippen molar-refractivity contribution in [3.8, 4) is 11.3 Å². The first-order valence-electron chi connectivity index (χ1n) is 9.27. The van der Waals surface area contributed by atoms with Gasteiger partial charge in [0.2, 0.25) is 5.91 Å². The molecule has 3 aromatic rings. The van der Waals surface area contributed by atoms with E-state index in [1.807, 2.05) is 6.92 Å². The van der Waals surface area contributed by atoms with Crippen LogP contribution in [0.1, 0.15) is 38.4 Å². The fourth-order valence-corrected chi connectivity index (χ4v) is 4.51. The molecular formula is C19H19F2N5OS2. The van der Waals surface area contributed by atoms with Gasteiger partial charge in [0.05, 0.1) is 10.9 Å². The average Bonchev–Trinajstić information content (AvgIpc) is 3.31. The Balaban J connectivity index is 1.41. The molecule has 4 rings (SSSR count). The minimum absolute atomic E-state index is 0.209. The van der Waals surface area contributed by atoms with Crippen LogP contribution in [0.5, 0.6) is 0 Å². The Kier molecular flexibility index (Phi) is 5.64. The lowest BCUT2D eigenvalue weighted by molar-refractivity contribution is -0.115. The number of anilines is 1. The number of carbonyl (C=O) groups is 1. The van der Waals surface area contributed by atoms with Crippen LogP contribution in [0.2, 0.25) is 0 Å². The molecule has 1 unspecified atom stereocenters. The fourth-order valence-electron chi connectivity index (χ4n) is 2.87. The molecule has 0 radical (unpaired) electrons. The van der Waals surface area contributed by atoms with E-state index in [9.17, 15) is 13.6 Å². The van der Waals surface area contributed by atoms with Gasteiger partial charge in [0.25, 0.3) is 0 Å². The molecule has 1 fully saturated rings. The molecule has 152 valence electrons. The van der Waals surface area contributed by atoms with Crippen molar-refractivity contribution in [3.63, 3.8) is 0 Å². The summed E-state index contributed by atoms with van der Waals surface area (Å²) in [6, 6.07) is 3.59. The second-order valence-electron chi connectivity index (χ2n) is 6.78. The monoisotopic (exact) mass is 435 g/mol. The molecule has 29 heavy (non-hydrogen) atoms. The molecule has 1 amide bonds. The van der Waals surface area contributed by atoms with E-state index in [0.717, 1.165) is 42.5 Å². The molecule has 2 heterocycles. The normalized spacial score (nSPS) is 14.8. The zero-order valence-corrected chi connectivity index (χ0v) is 17.5. The van der Waals surface area contributed by atoms with Gasteiger partial charge < -0.3 is 9.88 Å². The molecule has 0 bridgehead atoms. The summed E-state index contributed by atoms with van der Waals surface area (Å²) in [5.74, 6) is -0.561. The second kappa shape index (κ2) is 8.19. The van der Waals surface area contributed by atoms with Gasteiger partial charge in [-0.25, -0.2) is 13.8 Å². The third kappa shape index (κ3) is 4.32. The maximum atomic E-state index is 13.4. The Hall–Kier alpha value is -2.33. The summed E-state index contributed by atoms with van der Waals surface area (Å²) in [4.78, 5) is 16.9. The summed E-state index contributed by atoms with van der Waals surface area (Å²) < 4.78 is 28.6. The predicted molar refractivity (Wildman–Crippen MR) is 109 cm³/mol. The highest BCUT2D eigenvalue weighted by Gasteiger charge is 2.30. The van der Waals surface area contributed by atoms with Crippen LogP contribution in [0.3, 0.4) is 0 Å². The number of nitrogens with one attached hydrogen (secondary N) is 1. The van der Waals surface area contributed by atoms with Crippen molar-refractivity contribution >= 4 is 34.1 Å². The molecular weight excluding hydrogens is 416 g/mol. The third-order valence-electron chi connectivity index (χ3n) is 4.61. The molecule has 10 heteroatoms. The molecule has 1 saturated carbocycles. The van der Waals surface area contributed by atoms with Crippen molar-refractivity contribution in [1.82, 2.24) is 19.7 Å². The van der Waals surface area contributed by atoms with Crippen LogP contribution in [0.15, 0.2) is 28.7 Å². The Morgan fingerprint density at radius 2 is 2.14 bits per heavy atom. The lowest BCUT2D eigenvalue weighted by Gasteiger charge is -2.11. The summed E-state index contributed by atoms with van der Waals surface area (Å²) in [7, 11) is 0. The van der Waals surface area contributed by atoms with Gasteiger partial charge in [-0.2, -0.15) is 0 Å². The van der Waals surface area contributed by atoms with Gasteiger partial charge in [0.1, 0.15) is 5.82 Å². The first kappa shape index (κ1) is 20.0. The molecule has 1 atom stereocenters. The van der Waals surface area contributed by atoms with E-state index in [-0.39, 0.29) is 5.91 Å². The zero-order valence-electron chi connectivity index (χ0n) is 15.9. The maximum Gasteiger partial charge on any atom is 0.239 e. The Bertz CT molecular complexity index is 1050. The predicted octanol–water partition coefficient (Wildman–Crippen LogP) is 4.70. The zero-order chi connectivity index (χ0) is 20.5. The minimum Gasteiger partial charge on any atom is -0.306 e. The number of nitrogens with zero attached hydrogens (tertiary/aromatic N) is 4. The van der Waals surface area contributed by atoms with E-state index in [2.05, 4.69) is 25.1 Å². The van der Waals surface area contributed by atoms with Gasteiger partial charge in [-0.15, -0.1) is 21.5 Å². The quantitative estimate of drug-likeness (QED) is 0.545. The number of aromatic nitrogens is 4. The number of thiazole rings is 1. The Morgan fingerprint density at radius 3 is 2.83 bits per heavy atom. The highest BCUT2D eigenvalue weighted by Crippen LogP contribution is 2.40. The molecule has 0 aliphatic heterocycles. The molecule has 1 aromatic carbocycles. The van der Waals surface area contributed by atoms with Crippen LogP contribution in [0.25, 0.3) is 11.3 Å². The number of hydrogen-bond acceptors (Lipinski definition) is 6.